The smallest absolute Gasteiger partial charge is 0.330 e. The third-order valence-electron chi connectivity index (χ3n) is 4.06. The Bertz CT molecular complexity index is 964. The van der Waals surface area contributed by atoms with Crippen LogP contribution in [-0.4, -0.2) is 28.6 Å². The van der Waals surface area contributed by atoms with Gasteiger partial charge in [0.15, 0.2) is 12.3 Å². The molecular formula is C20H27BrN4O4. The van der Waals surface area contributed by atoms with Crippen LogP contribution in [0.5, 0.6) is 5.75 Å². The van der Waals surface area contributed by atoms with E-state index in [4.69, 9.17) is 10.5 Å². The van der Waals surface area contributed by atoms with Crippen molar-refractivity contribution in [2.45, 2.75) is 34.2 Å². The summed E-state index contributed by atoms with van der Waals surface area (Å²) in [5, 5.41) is 0. The number of ether oxygens (including phenoxy) is 1. The number of nitrogens with one attached hydrogen (secondary N) is 1. The number of hydrogen-bond acceptors (Lipinski definition) is 5. The molecule has 0 bridgehead atoms. The molecule has 9 heteroatoms. The molecule has 0 atom stereocenters. The van der Waals surface area contributed by atoms with E-state index in [1.165, 1.54) is 9.47 Å². The van der Waals surface area contributed by atoms with Gasteiger partial charge in [-0.3, -0.25) is 19.1 Å². The molecule has 2 rings (SSSR count). The number of H-pyrrole nitrogens is 1. The van der Waals surface area contributed by atoms with Gasteiger partial charge in [0.1, 0.15) is 11.6 Å². The molecule has 29 heavy (non-hydrogen) atoms. The van der Waals surface area contributed by atoms with Gasteiger partial charge in [-0.25, -0.2) is 4.79 Å². The maximum Gasteiger partial charge on any atom is 0.330 e. The van der Waals surface area contributed by atoms with E-state index in [1.54, 1.807) is 24.3 Å². The van der Waals surface area contributed by atoms with Gasteiger partial charge >= 0.3 is 5.69 Å². The summed E-state index contributed by atoms with van der Waals surface area (Å²) in [7, 11) is 0. The van der Waals surface area contributed by atoms with Gasteiger partial charge in [-0.05, 0) is 36.1 Å². The Morgan fingerprint density at radius 1 is 1.17 bits per heavy atom. The summed E-state index contributed by atoms with van der Waals surface area (Å²) in [6.07, 6.45) is 0. The number of nitrogens with two attached hydrogens (primary N) is 1. The third kappa shape index (κ3) is 5.96. The quantitative estimate of drug-likeness (QED) is 0.620. The van der Waals surface area contributed by atoms with E-state index in [9.17, 15) is 14.4 Å². The summed E-state index contributed by atoms with van der Waals surface area (Å²) in [5.74, 6) is 0.274. The summed E-state index contributed by atoms with van der Waals surface area (Å²) in [6, 6.07) is 7.06. The lowest BCUT2D eigenvalue weighted by molar-refractivity contribution is -0.120. The molecule has 2 aromatic rings. The zero-order valence-electron chi connectivity index (χ0n) is 17.1. The average Bonchev–Trinajstić information content (AvgIpc) is 2.63. The number of hydrogen-bond donors (Lipinski definition) is 2. The summed E-state index contributed by atoms with van der Waals surface area (Å²) in [4.78, 5) is 41.3. The Morgan fingerprint density at radius 3 is 2.34 bits per heavy atom. The lowest BCUT2D eigenvalue weighted by Crippen LogP contribution is -2.44. The normalized spacial score (nSPS) is 11.1. The number of carbonyl (C=O) groups is 1. The lowest BCUT2D eigenvalue weighted by atomic mass is 10.2. The third-order valence-corrected chi connectivity index (χ3v) is 4.59. The Labute approximate surface area is 177 Å². The first kappa shape index (κ1) is 22.7. The monoisotopic (exact) mass is 466 g/mol. The maximum absolute atomic E-state index is 12.9. The molecule has 158 valence electrons. The summed E-state index contributed by atoms with van der Waals surface area (Å²) >= 11 is 3.34. The lowest BCUT2D eigenvalue weighted by Gasteiger charge is -2.26. The molecule has 1 aromatic carbocycles. The van der Waals surface area contributed by atoms with Crippen LogP contribution in [0.4, 0.5) is 11.5 Å². The molecule has 8 nitrogen and oxygen atoms in total. The number of rotatable bonds is 8. The molecule has 0 aliphatic rings. The molecule has 0 radical (unpaired) electrons. The van der Waals surface area contributed by atoms with Crippen LogP contribution in [0.15, 0.2) is 38.3 Å². The van der Waals surface area contributed by atoms with Crippen LogP contribution in [0, 0.1) is 11.8 Å². The molecule has 1 amide bonds. The largest absolute Gasteiger partial charge is 0.484 e. The zero-order chi connectivity index (χ0) is 21.7. The molecule has 0 saturated carbocycles. The van der Waals surface area contributed by atoms with Crippen molar-refractivity contribution >= 4 is 33.3 Å². The van der Waals surface area contributed by atoms with Crippen molar-refractivity contribution in [2.75, 3.05) is 23.8 Å². The van der Waals surface area contributed by atoms with Crippen LogP contribution < -0.4 is 26.6 Å². The van der Waals surface area contributed by atoms with Crippen molar-refractivity contribution in [2.24, 2.45) is 11.8 Å². The molecule has 1 aromatic heterocycles. The van der Waals surface area contributed by atoms with Crippen molar-refractivity contribution in [3.63, 3.8) is 0 Å². The number of amides is 1. The zero-order valence-corrected chi connectivity index (χ0v) is 18.7. The standard InChI is InChI=1S/C20H27BrN4O4/c1-12(2)9-24(16(26)11-29-15-7-5-14(21)6-8-15)17-18(22)25(10-13(3)4)20(28)23-19(17)27/h5-8,12-13H,9-11,22H2,1-4H3,(H,23,27,28). The highest BCUT2D eigenvalue weighted by Crippen LogP contribution is 2.20. The Hall–Kier alpha value is -2.55. The van der Waals surface area contributed by atoms with Crippen molar-refractivity contribution in [1.82, 2.24) is 9.55 Å². The van der Waals surface area contributed by atoms with E-state index in [0.29, 0.717) is 12.3 Å². The van der Waals surface area contributed by atoms with E-state index in [-0.39, 0.29) is 36.5 Å². The van der Waals surface area contributed by atoms with E-state index < -0.39 is 17.2 Å². The number of benzene rings is 1. The van der Waals surface area contributed by atoms with Gasteiger partial charge in [0.2, 0.25) is 0 Å². The highest BCUT2D eigenvalue weighted by atomic mass is 79.9. The predicted molar refractivity (Wildman–Crippen MR) is 117 cm³/mol. The SMILES string of the molecule is CC(C)CN(C(=O)COc1ccc(Br)cc1)c1c(N)n(CC(C)C)c(=O)[nH]c1=O. The van der Waals surface area contributed by atoms with Crippen LogP contribution in [0.2, 0.25) is 0 Å². The molecule has 0 spiro atoms. The van der Waals surface area contributed by atoms with Gasteiger partial charge in [-0.2, -0.15) is 0 Å². The average molecular weight is 467 g/mol. The van der Waals surface area contributed by atoms with Crippen molar-refractivity contribution in [3.8, 4) is 5.75 Å². The van der Waals surface area contributed by atoms with Crippen molar-refractivity contribution in [3.05, 3.63) is 49.6 Å². The first-order valence-corrected chi connectivity index (χ1v) is 10.2. The Kier molecular flexibility index (Phi) is 7.66. The van der Waals surface area contributed by atoms with E-state index >= 15 is 0 Å². The Morgan fingerprint density at radius 2 is 1.79 bits per heavy atom. The van der Waals surface area contributed by atoms with Gasteiger partial charge in [0.05, 0.1) is 0 Å². The van der Waals surface area contributed by atoms with E-state index in [1.807, 2.05) is 27.7 Å². The minimum atomic E-state index is -0.690. The van der Waals surface area contributed by atoms with Crippen LogP contribution in [-0.2, 0) is 11.3 Å². The molecular weight excluding hydrogens is 440 g/mol. The summed E-state index contributed by atoms with van der Waals surface area (Å²) in [5.41, 5.74) is 4.87. The van der Waals surface area contributed by atoms with Crippen LogP contribution >= 0.6 is 15.9 Å². The molecule has 0 aliphatic heterocycles. The second-order valence-corrected chi connectivity index (χ2v) is 8.55. The minimum Gasteiger partial charge on any atom is -0.484 e. The van der Waals surface area contributed by atoms with Crippen molar-refractivity contribution in [1.29, 1.82) is 0 Å². The highest BCUT2D eigenvalue weighted by molar-refractivity contribution is 9.10. The topological polar surface area (TPSA) is 110 Å². The molecule has 0 fully saturated rings. The number of aromatic amines is 1. The van der Waals surface area contributed by atoms with Crippen LogP contribution in [0.1, 0.15) is 27.7 Å². The van der Waals surface area contributed by atoms with Gasteiger partial charge in [0, 0.05) is 17.6 Å². The van der Waals surface area contributed by atoms with E-state index in [0.717, 1.165) is 4.47 Å². The molecule has 0 saturated heterocycles. The number of carbonyl (C=O) groups excluding carboxylic acids is 1. The number of nitrogen functional groups attached to an aromatic ring is 1. The summed E-state index contributed by atoms with van der Waals surface area (Å²) in [6.45, 7) is 8.02. The fourth-order valence-electron chi connectivity index (χ4n) is 2.82. The van der Waals surface area contributed by atoms with E-state index in [2.05, 4.69) is 20.9 Å². The molecule has 1 heterocycles. The number of aromatic nitrogens is 2. The molecule has 3 N–H and O–H groups in total. The fraction of sp³-hybridized carbons (Fsp3) is 0.450. The second-order valence-electron chi connectivity index (χ2n) is 7.64. The van der Waals surface area contributed by atoms with Gasteiger partial charge < -0.3 is 15.4 Å². The minimum absolute atomic E-state index is 0.0231. The number of anilines is 2. The van der Waals surface area contributed by atoms with Crippen LogP contribution in [0.3, 0.4) is 0 Å². The van der Waals surface area contributed by atoms with Gasteiger partial charge in [0.25, 0.3) is 11.5 Å². The fourth-order valence-corrected chi connectivity index (χ4v) is 3.09. The van der Waals surface area contributed by atoms with Gasteiger partial charge in [-0.15, -0.1) is 0 Å². The predicted octanol–water partition coefficient (Wildman–Crippen LogP) is 2.61. The van der Waals surface area contributed by atoms with Gasteiger partial charge in [-0.1, -0.05) is 43.6 Å². The maximum atomic E-state index is 12.9. The van der Waals surface area contributed by atoms with Crippen LogP contribution in [0.25, 0.3) is 0 Å². The Balaban J connectivity index is 2.38. The summed E-state index contributed by atoms with van der Waals surface area (Å²) < 4.78 is 7.75. The van der Waals surface area contributed by atoms with Crippen molar-refractivity contribution < 1.29 is 9.53 Å². The molecule has 0 unspecified atom stereocenters. The number of halogens is 1. The first-order chi connectivity index (χ1) is 13.6. The molecule has 0 aliphatic carbocycles. The first-order valence-electron chi connectivity index (χ1n) is 9.41. The highest BCUT2D eigenvalue weighted by Gasteiger charge is 2.25. The second kappa shape index (κ2) is 9.78. The number of nitrogens with zero attached hydrogens (tertiary/aromatic N) is 2.